The normalized spacial score (nSPS) is 15.4. The van der Waals surface area contributed by atoms with Gasteiger partial charge in [0.25, 0.3) is 0 Å². The van der Waals surface area contributed by atoms with E-state index in [0.717, 1.165) is 11.3 Å². The van der Waals surface area contributed by atoms with Crippen LogP contribution in [-0.2, 0) is 0 Å². The molecule has 0 spiro atoms. The van der Waals surface area contributed by atoms with Crippen LogP contribution in [0.3, 0.4) is 0 Å². The molecule has 22 heavy (non-hydrogen) atoms. The molecule has 1 heterocycles. The first kappa shape index (κ1) is 15.9. The highest BCUT2D eigenvalue weighted by molar-refractivity contribution is 5.66. The summed E-state index contributed by atoms with van der Waals surface area (Å²) in [5, 5.41) is 20.1. The number of benzene rings is 1. The largest absolute Gasteiger partial charge is 0.490 e. The van der Waals surface area contributed by atoms with Crippen molar-refractivity contribution in [3.05, 3.63) is 27.8 Å². The van der Waals surface area contributed by atoms with E-state index in [1.165, 1.54) is 18.1 Å². The standard InChI is InChI=1S/C14H19N3O5/c1-10-8-12(17(20)21)13(22-2)9-11(10)15-4-3-5-16(7-6-15)14(18)19/h8-9H,3-7H2,1-2H3,(H,18,19). The minimum atomic E-state index is -0.917. The maximum atomic E-state index is 11.0. The van der Waals surface area contributed by atoms with E-state index in [0.29, 0.717) is 32.6 Å². The van der Waals surface area contributed by atoms with Gasteiger partial charge in [-0.15, -0.1) is 0 Å². The lowest BCUT2D eigenvalue weighted by molar-refractivity contribution is -0.385. The third kappa shape index (κ3) is 3.21. The second-order valence-electron chi connectivity index (χ2n) is 5.18. The first-order valence-corrected chi connectivity index (χ1v) is 7.00. The van der Waals surface area contributed by atoms with Crippen molar-refractivity contribution in [3.63, 3.8) is 0 Å². The molecular formula is C14H19N3O5. The van der Waals surface area contributed by atoms with Crippen LogP contribution in [0.25, 0.3) is 0 Å². The van der Waals surface area contributed by atoms with Gasteiger partial charge >= 0.3 is 11.8 Å². The lowest BCUT2D eigenvalue weighted by Gasteiger charge is -2.25. The van der Waals surface area contributed by atoms with Crippen LogP contribution in [0, 0.1) is 17.0 Å². The second-order valence-corrected chi connectivity index (χ2v) is 5.18. The number of anilines is 1. The third-order valence-corrected chi connectivity index (χ3v) is 3.80. The van der Waals surface area contributed by atoms with Crippen molar-refractivity contribution in [3.8, 4) is 5.75 Å². The van der Waals surface area contributed by atoms with E-state index < -0.39 is 11.0 Å². The van der Waals surface area contributed by atoms with Crippen molar-refractivity contribution in [1.29, 1.82) is 0 Å². The molecule has 1 amide bonds. The van der Waals surface area contributed by atoms with Crippen LogP contribution in [-0.4, -0.2) is 54.3 Å². The molecule has 0 aromatic heterocycles. The smallest absolute Gasteiger partial charge is 0.407 e. The molecular weight excluding hydrogens is 290 g/mol. The highest BCUT2D eigenvalue weighted by atomic mass is 16.6. The van der Waals surface area contributed by atoms with Gasteiger partial charge in [0.05, 0.1) is 12.0 Å². The highest BCUT2D eigenvalue weighted by Crippen LogP contribution is 2.34. The second kappa shape index (κ2) is 6.50. The number of carboxylic acid groups (broad SMARTS) is 1. The first-order valence-electron chi connectivity index (χ1n) is 7.00. The van der Waals surface area contributed by atoms with Crippen LogP contribution in [0.15, 0.2) is 12.1 Å². The van der Waals surface area contributed by atoms with Crippen LogP contribution < -0.4 is 9.64 Å². The molecule has 0 saturated carbocycles. The molecule has 0 unspecified atom stereocenters. The van der Waals surface area contributed by atoms with Crippen molar-refractivity contribution >= 4 is 17.5 Å². The molecule has 0 atom stereocenters. The molecule has 8 heteroatoms. The summed E-state index contributed by atoms with van der Waals surface area (Å²) < 4.78 is 5.11. The quantitative estimate of drug-likeness (QED) is 0.678. The van der Waals surface area contributed by atoms with Crippen LogP contribution in [0.4, 0.5) is 16.2 Å². The molecule has 0 bridgehead atoms. The van der Waals surface area contributed by atoms with Gasteiger partial charge in [-0.3, -0.25) is 10.1 Å². The lowest BCUT2D eigenvalue weighted by Crippen LogP contribution is -2.34. The fourth-order valence-corrected chi connectivity index (χ4v) is 2.66. The predicted molar refractivity (Wildman–Crippen MR) is 80.8 cm³/mol. The van der Waals surface area contributed by atoms with E-state index in [-0.39, 0.29) is 11.4 Å². The monoisotopic (exact) mass is 309 g/mol. The summed E-state index contributed by atoms with van der Waals surface area (Å²) in [5.74, 6) is 0.213. The summed E-state index contributed by atoms with van der Waals surface area (Å²) in [6.07, 6.45) is -0.203. The van der Waals surface area contributed by atoms with Crippen molar-refractivity contribution in [2.24, 2.45) is 0 Å². The zero-order chi connectivity index (χ0) is 16.3. The number of hydrogen-bond acceptors (Lipinski definition) is 5. The number of methoxy groups -OCH3 is 1. The minimum Gasteiger partial charge on any atom is -0.490 e. The Hall–Kier alpha value is -2.51. The summed E-state index contributed by atoms with van der Waals surface area (Å²) in [6.45, 7) is 3.96. The summed E-state index contributed by atoms with van der Waals surface area (Å²) in [7, 11) is 1.40. The van der Waals surface area contributed by atoms with Gasteiger partial charge in [-0.25, -0.2) is 4.79 Å². The molecule has 1 aromatic carbocycles. The number of nitro groups is 1. The van der Waals surface area contributed by atoms with E-state index in [1.54, 1.807) is 6.07 Å². The Morgan fingerprint density at radius 3 is 2.64 bits per heavy atom. The summed E-state index contributed by atoms with van der Waals surface area (Å²) in [4.78, 5) is 25.0. The lowest BCUT2D eigenvalue weighted by atomic mass is 10.1. The van der Waals surface area contributed by atoms with Gasteiger partial charge in [-0.1, -0.05) is 0 Å². The van der Waals surface area contributed by atoms with Crippen molar-refractivity contribution in [1.82, 2.24) is 4.90 Å². The molecule has 2 rings (SSSR count). The molecule has 120 valence electrons. The van der Waals surface area contributed by atoms with Crippen molar-refractivity contribution < 1.29 is 19.6 Å². The molecule has 1 saturated heterocycles. The maximum Gasteiger partial charge on any atom is 0.407 e. The van der Waals surface area contributed by atoms with Gasteiger partial charge in [0.2, 0.25) is 0 Å². The summed E-state index contributed by atoms with van der Waals surface area (Å²) in [5.41, 5.74) is 1.55. The molecule has 0 aliphatic carbocycles. The number of amides is 1. The van der Waals surface area contributed by atoms with Crippen LogP contribution >= 0.6 is 0 Å². The minimum absolute atomic E-state index is 0.0641. The summed E-state index contributed by atoms with van der Waals surface area (Å²) in [6, 6.07) is 3.15. The molecule has 1 aliphatic rings. The Balaban J connectivity index is 2.28. The molecule has 1 N–H and O–H groups in total. The number of aryl methyl sites for hydroxylation is 1. The molecule has 1 aromatic rings. The van der Waals surface area contributed by atoms with Crippen molar-refractivity contribution in [2.45, 2.75) is 13.3 Å². The molecule has 8 nitrogen and oxygen atoms in total. The van der Waals surface area contributed by atoms with Crippen LogP contribution in [0.1, 0.15) is 12.0 Å². The van der Waals surface area contributed by atoms with Gasteiger partial charge in [-0.05, 0) is 18.9 Å². The average molecular weight is 309 g/mol. The first-order chi connectivity index (χ1) is 10.4. The van der Waals surface area contributed by atoms with Crippen molar-refractivity contribution in [2.75, 3.05) is 38.2 Å². The number of carbonyl (C=O) groups is 1. The van der Waals surface area contributed by atoms with Gasteiger partial charge in [-0.2, -0.15) is 0 Å². The number of nitro benzene ring substituents is 1. The fraction of sp³-hybridized carbons (Fsp3) is 0.500. The zero-order valence-corrected chi connectivity index (χ0v) is 12.6. The van der Waals surface area contributed by atoms with Gasteiger partial charge in [0.15, 0.2) is 5.75 Å². The predicted octanol–water partition coefficient (Wildman–Crippen LogP) is 2.10. The number of ether oxygens (including phenoxy) is 1. The van der Waals surface area contributed by atoms with Gasteiger partial charge in [0, 0.05) is 44.0 Å². The van der Waals surface area contributed by atoms with E-state index in [1.807, 2.05) is 11.8 Å². The topological polar surface area (TPSA) is 96.2 Å². The number of nitrogens with zero attached hydrogens (tertiary/aromatic N) is 3. The number of hydrogen-bond donors (Lipinski definition) is 1. The SMILES string of the molecule is COc1cc(N2CCCN(C(=O)O)CC2)c(C)cc1[N+](=O)[O-]. The summed E-state index contributed by atoms with van der Waals surface area (Å²) >= 11 is 0. The highest BCUT2D eigenvalue weighted by Gasteiger charge is 2.23. The van der Waals surface area contributed by atoms with Crippen LogP contribution in [0.2, 0.25) is 0 Å². The fourth-order valence-electron chi connectivity index (χ4n) is 2.66. The molecule has 0 radical (unpaired) electrons. The van der Waals surface area contributed by atoms with E-state index in [9.17, 15) is 14.9 Å². The Kier molecular flexibility index (Phi) is 4.69. The zero-order valence-electron chi connectivity index (χ0n) is 12.6. The molecule has 1 fully saturated rings. The Bertz CT molecular complexity index is 590. The number of rotatable bonds is 3. The molecule has 1 aliphatic heterocycles. The Labute approximate surface area is 128 Å². The van der Waals surface area contributed by atoms with Gasteiger partial charge < -0.3 is 19.6 Å². The Morgan fingerprint density at radius 2 is 2.05 bits per heavy atom. The van der Waals surface area contributed by atoms with E-state index >= 15 is 0 Å². The van der Waals surface area contributed by atoms with E-state index in [4.69, 9.17) is 9.84 Å². The van der Waals surface area contributed by atoms with E-state index in [2.05, 4.69) is 0 Å². The maximum absolute atomic E-state index is 11.0. The van der Waals surface area contributed by atoms with Crippen LogP contribution in [0.5, 0.6) is 5.75 Å². The Morgan fingerprint density at radius 1 is 1.32 bits per heavy atom. The van der Waals surface area contributed by atoms with Gasteiger partial charge in [0.1, 0.15) is 0 Å². The average Bonchev–Trinajstić information content (AvgIpc) is 2.72. The third-order valence-electron chi connectivity index (χ3n) is 3.80.